The minimum Gasteiger partial charge on any atom is -0.312 e. The quantitative estimate of drug-likeness (QED) is 0.909. The van der Waals surface area contributed by atoms with E-state index in [0.717, 1.165) is 28.8 Å². The lowest BCUT2D eigenvalue weighted by atomic mass is 10.1. The highest BCUT2D eigenvalue weighted by molar-refractivity contribution is 7.92. The number of amides is 1. The summed E-state index contributed by atoms with van der Waals surface area (Å²) in [6, 6.07) is 10.5. The van der Waals surface area contributed by atoms with Gasteiger partial charge in [0.1, 0.15) is 0 Å². The van der Waals surface area contributed by atoms with Crippen molar-refractivity contribution < 1.29 is 13.2 Å². The van der Waals surface area contributed by atoms with Crippen molar-refractivity contribution in [3.63, 3.8) is 0 Å². The molecule has 0 radical (unpaired) electrons. The van der Waals surface area contributed by atoms with Gasteiger partial charge in [0.05, 0.1) is 10.6 Å². The topological polar surface area (TPSA) is 66.5 Å². The minimum absolute atomic E-state index is 0.0811. The SMILES string of the molecule is Cc1ccc(NS(=O)(=O)c2cccc(C)c2C)cc1N1CCCC1=O. The average Bonchev–Trinajstić information content (AvgIpc) is 2.97. The van der Waals surface area contributed by atoms with Crippen LogP contribution in [0.15, 0.2) is 41.3 Å². The predicted molar refractivity (Wildman–Crippen MR) is 99.5 cm³/mol. The van der Waals surface area contributed by atoms with Crippen LogP contribution in [-0.4, -0.2) is 20.9 Å². The molecule has 2 aromatic carbocycles. The van der Waals surface area contributed by atoms with Gasteiger partial charge in [0, 0.05) is 18.7 Å². The van der Waals surface area contributed by atoms with E-state index in [1.807, 2.05) is 26.0 Å². The Morgan fingerprint density at radius 2 is 1.80 bits per heavy atom. The maximum Gasteiger partial charge on any atom is 0.262 e. The van der Waals surface area contributed by atoms with Gasteiger partial charge in [0.2, 0.25) is 5.91 Å². The standard InChI is InChI=1S/C19H22N2O3S/c1-13-6-4-7-18(15(13)3)25(23,24)20-16-10-9-14(2)17(12-16)21-11-5-8-19(21)22/h4,6-7,9-10,12,20H,5,8,11H2,1-3H3. The van der Waals surface area contributed by atoms with Gasteiger partial charge in [-0.05, 0) is 62.1 Å². The summed E-state index contributed by atoms with van der Waals surface area (Å²) >= 11 is 0. The lowest BCUT2D eigenvalue weighted by Crippen LogP contribution is -2.24. The molecule has 0 saturated carbocycles. The van der Waals surface area contributed by atoms with Gasteiger partial charge in [-0.1, -0.05) is 18.2 Å². The zero-order chi connectivity index (χ0) is 18.2. The third kappa shape index (κ3) is 3.39. The highest BCUT2D eigenvalue weighted by Crippen LogP contribution is 2.29. The summed E-state index contributed by atoms with van der Waals surface area (Å²) in [6.07, 6.45) is 1.37. The van der Waals surface area contributed by atoms with E-state index in [-0.39, 0.29) is 10.8 Å². The number of carbonyl (C=O) groups excluding carboxylic acids is 1. The molecule has 2 aromatic rings. The molecule has 25 heavy (non-hydrogen) atoms. The molecule has 1 aliphatic rings. The Labute approximate surface area is 148 Å². The summed E-state index contributed by atoms with van der Waals surface area (Å²) in [5, 5.41) is 0. The van der Waals surface area contributed by atoms with Crippen LogP contribution < -0.4 is 9.62 Å². The van der Waals surface area contributed by atoms with Crippen molar-refractivity contribution in [3.05, 3.63) is 53.1 Å². The fraction of sp³-hybridized carbons (Fsp3) is 0.316. The Kier molecular flexibility index (Phi) is 4.56. The molecule has 1 aliphatic heterocycles. The second-order valence-corrected chi connectivity index (χ2v) is 8.10. The first kappa shape index (κ1) is 17.5. The van der Waals surface area contributed by atoms with Gasteiger partial charge < -0.3 is 4.90 Å². The molecule has 0 aliphatic carbocycles. The van der Waals surface area contributed by atoms with E-state index in [0.29, 0.717) is 18.7 Å². The minimum atomic E-state index is -3.69. The van der Waals surface area contributed by atoms with Gasteiger partial charge in [-0.3, -0.25) is 9.52 Å². The lowest BCUT2D eigenvalue weighted by Gasteiger charge is -2.20. The fourth-order valence-corrected chi connectivity index (χ4v) is 4.46. The molecule has 132 valence electrons. The largest absolute Gasteiger partial charge is 0.312 e. The van der Waals surface area contributed by atoms with Gasteiger partial charge in [0.15, 0.2) is 0 Å². The van der Waals surface area contributed by atoms with Crippen molar-refractivity contribution in [1.29, 1.82) is 0 Å². The van der Waals surface area contributed by atoms with E-state index in [9.17, 15) is 13.2 Å². The monoisotopic (exact) mass is 358 g/mol. The molecule has 1 amide bonds. The predicted octanol–water partition coefficient (Wildman–Crippen LogP) is 3.54. The highest BCUT2D eigenvalue weighted by Gasteiger charge is 2.24. The molecular weight excluding hydrogens is 336 g/mol. The van der Waals surface area contributed by atoms with E-state index in [1.165, 1.54) is 0 Å². The number of aryl methyl sites for hydroxylation is 2. The van der Waals surface area contributed by atoms with Gasteiger partial charge >= 0.3 is 0 Å². The first-order valence-corrected chi connectivity index (χ1v) is 9.78. The third-order valence-electron chi connectivity index (χ3n) is 4.67. The van der Waals surface area contributed by atoms with Crippen LogP contribution in [-0.2, 0) is 14.8 Å². The van der Waals surface area contributed by atoms with Crippen molar-refractivity contribution in [2.75, 3.05) is 16.2 Å². The first-order valence-electron chi connectivity index (χ1n) is 8.29. The molecule has 0 aromatic heterocycles. The van der Waals surface area contributed by atoms with Crippen LogP contribution in [0.3, 0.4) is 0 Å². The van der Waals surface area contributed by atoms with Crippen LogP contribution in [0.2, 0.25) is 0 Å². The highest BCUT2D eigenvalue weighted by atomic mass is 32.2. The molecule has 1 heterocycles. The van der Waals surface area contributed by atoms with Crippen LogP contribution in [0.25, 0.3) is 0 Å². The molecular formula is C19H22N2O3S. The number of carbonyl (C=O) groups is 1. The number of sulfonamides is 1. The molecule has 3 rings (SSSR count). The summed E-state index contributed by atoms with van der Waals surface area (Å²) in [7, 11) is -3.69. The zero-order valence-corrected chi connectivity index (χ0v) is 15.5. The number of anilines is 2. The van der Waals surface area contributed by atoms with Gasteiger partial charge in [-0.25, -0.2) is 8.42 Å². The number of hydrogen-bond acceptors (Lipinski definition) is 3. The Morgan fingerprint density at radius 1 is 1.04 bits per heavy atom. The first-order chi connectivity index (χ1) is 11.8. The van der Waals surface area contributed by atoms with E-state index < -0.39 is 10.0 Å². The van der Waals surface area contributed by atoms with Gasteiger partial charge in [-0.15, -0.1) is 0 Å². The smallest absolute Gasteiger partial charge is 0.262 e. The second-order valence-electron chi connectivity index (χ2n) is 6.45. The number of benzene rings is 2. The fourth-order valence-electron chi connectivity index (χ4n) is 3.09. The lowest BCUT2D eigenvalue weighted by molar-refractivity contribution is -0.117. The molecule has 6 heteroatoms. The van der Waals surface area contributed by atoms with E-state index >= 15 is 0 Å². The van der Waals surface area contributed by atoms with E-state index in [2.05, 4.69) is 4.72 Å². The van der Waals surface area contributed by atoms with Crippen LogP contribution in [0.1, 0.15) is 29.5 Å². The van der Waals surface area contributed by atoms with Crippen LogP contribution >= 0.6 is 0 Å². The van der Waals surface area contributed by atoms with Crippen molar-refractivity contribution in [3.8, 4) is 0 Å². The van der Waals surface area contributed by atoms with E-state index in [1.54, 1.807) is 36.1 Å². The number of nitrogens with zero attached hydrogens (tertiary/aromatic N) is 1. The third-order valence-corrected chi connectivity index (χ3v) is 6.20. The van der Waals surface area contributed by atoms with Crippen LogP contribution in [0, 0.1) is 20.8 Å². The maximum atomic E-state index is 12.8. The van der Waals surface area contributed by atoms with Crippen LogP contribution in [0.4, 0.5) is 11.4 Å². The van der Waals surface area contributed by atoms with Crippen molar-refractivity contribution in [2.45, 2.75) is 38.5 Å². The Hall–Kier alpha value is -2.34. The van der Waals surface area contributed by atoms with E-state index in [4.69, 9.17) is 0 Å². The Morgan fingerprint density at radius 3 is 2.48 bits per heavy atom. The van der Waals surface area contributed by atoms with Gasteiger partial charge in [-0.2, -0.15) is 0 Å². The molecule has 0 atom stereocenters. The summed E-state index contributed by atoms with van der Waals surface area (Å²) in [4.78, 5) is 14.0. The number of nitrogens with one attached hydrogen (secondary N) is 1. The average molecular weight is 358 g/mol. The molecule has 0 spiro atoms. The summed E-state index contributed by atoms with van der Waals surface area (Å²) < 4.78 is 28.2. The summed E-state index contributed by atoms with van der Waals surface area (Å²) in [6.45, 7) is 6.28. The molecule has 1 saturated heterocycles. The maximum absolute atomic E-state index is 12.8. The molecule has 1 N–H and O–H groups in total. The molecule has 5 nitrogen and oxygen atoms in total. The van der Waals surface area contributed by atoms with Crippen molar-refractivity contribution >= 4 is 27.3 Å². The van der Waals surface area contributed by atoms with Gasteiger partial charge in [0.25, 0.3) is 10.0 Å². The molecule has 1 fully saturated rings. The molecule has 0 bridgehead atoms. The Balaban J connectivity index is 1.95. The van der Waals surface area contributed by atoms with Crippen molar-refractivity contribution in [2.24, 2.45) is 0 Å². The second kappa shape index (κ2) is 6.52. The summed E-state index contributed by atoms with van der Waals surface area (Å²) in [5.74, 6) is 0.0811. The Bertz CT molecular complexity index is 936. The van der Waals surface area contributed by atoms with Crippen molar-refractivity contribution in [1.82, 2.24) is 0 Å². The number of rotatable bonds is 4. The zero-order valence-electron chi connectivity index (χ0n) is 14.7. The molecule has 0 unspecified atom stereocenters. The van der Waals surface area contributed by atoms with Crippen LogP contribution in [0.5, 0.6) is 0 Å². The number of hydrogen-bond donors (Lipinski definition) is 1. The summed E-state index contributed by atoms with van der Waals surface area (Å²) in [5.41, 5.74) is 3.84. The normalized spacial score (nSPS) is 14.8.